The molecule has 1 rings (SSSR count). The van der Waals surface area contributed by atoms with Crippen molar-refractivity contribution in [3.05, 3.63) is 27.8 Å². The molecule has 0 unspecified atom stereocenters. The molecule has 1 aromatic heterocycles. The van der Waals surface area contributed by atoms with Crippen LogP contribution in [0.25, 0.3) is 0 Å². The Labute approximate surface area is 71.2 Å². The minimum absolute atomic E-state index is 0.193. The van der Waals surface area contributed by atoms with Gasteiger partial charge in [-0.3, -0.25) is 4.79 Å². The van der Waals surface area contributed by atoms with E-state index in [4.69, 9.17) is 0 Å². The lowest BCUT2D eigenvalue weighted by Crippen LogP contribution is -2.12. The Hall–Kier alpha value is -1.46. The first-order valence-electron chi connectivity index (χ1n) is 3.31. The lowest BCUT2D eigenvalue weighted by atomic mass is 10.3. The second-order valence-corrected chi connectivity index (χ2v) is 2.23. The van der Waals surface area contributed by atoms with Crippen molar-refractivity contribution in [3.8, 4) is 5.88 Å². The molecule has 0 aliphatic heterocycles. The van der Waals surface area contributed by atoms with Crippen LogP contribution in [0.5, 0.6) is 5.88 Å². The van der Waals surface area contributed by atoms with E-state index in [1.54, 1.807) is 0 Å². The van der Waals surface area contributed by atoms with Gasteiger partial charge in [-0.15, -0.1) is 0 Å². The molecule has 0 aromatic carbocycles. The second kappa shape index (κ2) is 3.51. The number of nitrogens with one attached hydrogen (secondary N) is 1. The topological polar surface area (TPSA) is 42.1 Å². The van der Waals surface area contributed by atoms with Gasteiger partial charge in [0.1, 0.15) is 5.69 Å². The number of aromatic amines is 1. The zero-order chi connectivity index (χ0) is 10.0. The normalized spacial score (nSPS) is 10.5. The van der Waals surface area contributed by atoms with Crippen molar-refractivity contribution in [1.29, 1.82) is 0 Å². The maximum Gasteiger partial charge on any atom is 0.281 e. The van der Waals surface area contributed by atoms with Crippen LogP contribution in [-0.4, -0.2) is 12.1 Å². The Bertz CT molecular complexity index is 361. The quantitative estimate of drug-likeness (QED) is 0.772. The Morgan fingerprint density at radius 2 is 2.15 bits per heavy atom. The number of ether oxygens (including phenoxy) is 1. The van der Waals surface area contributed by atoms with E-state index >= 15 is 0 Å². The first kappa shape index (κ1) is 9.63. The van der Waals surface area contributed by atoms with E-state index in [1.165, 1.54) is 7.11 Å². The van der Waals surface area contributed by atoms with Crippen LogP contribution in [-0.2, 0) is 0 Å². The molecular weight excluding hydrogens is 187 g/mol. The molecule has 3 nitrogen and oxygen atoms in total. The Balaban J connectivity index is 3.33. The third-order valence-electron chi connectivity index (χ3n) is 1.41. The lowest BCUT2D eigenvalue weighted by Gasteiger charge is -2.04. The minimum Gasteiger partial charge on any atom is -0.482 e. The van der Waals surface area contributed by atoms with E-state index in [1.807, 2.05) is 4.98 Å². The third-order valence-corrected chi connectivity index (χ3v) is 1.41. The van der Waals surface area contributed by atoms with Crippen molar-refractivity contribution in [2.45, 2.75) is 6.43 Å². The summed E-state index contributed by atoms with van der Waals surface area (Å²) in [5.74, 6) is -1.67. The van der Waals surface area contributed by atoms with Crippen molar-refractivity contribution in [2.75, 3.05) is 7.11 Å². The molecule has 1 heterocycles. The summed E-state index contributed by atoms with van der Waals surface area (Å²) in [6.07, 6.45) is -3.07. The first-order valence-corrected chi connectivity index (χ1v) is 3.31. The van der Waals surface area contributed by atoms with E-state index in [0.29, 0.717) is 0 Å². The highest BCUT2D eigenvalue weighted by atomic mass is 19.3. The highest BCUT2D eigenvalue weighted by Crippen LogP contribution is 2.19. The number of methoxy groups -OCH3 is 1. The largest absolute Gasteiger partial charge is 0.482 e. The van der Waals surface area contributed by atoms with Crippen molar-refractivity contribution < 1.29 is 17.9 Å². The average molecular weight is 193 g/mol. The summed E-state index contributed by atoms with van der Waals surface area (Å²) >= 11 is 0. The number of rotatable bonds is 2. The van der Waals surface area contributed by atoms with Crippen LogP contribution >= 0.6 is 0 Å². The zero-order valence-corrected chi connectivity index (χ0v) is 6.61. The number of pyridine rings is 1. The van der Waals surface area contributed by atoms with E-state index < -0.39 is 23.4 Å². The number of aromatic nitrogens is 1. The molecule has 0 spiro atoms. The second-order valence-electron chi connectivity index (χ2n) is 2.23. The van der Waals surface area contributed by atoms with Gasteiger partial charge in [-0.2, -0.15) is 0 Å². The summed E-state index contributed by atoms with van der Waals surface area (Å²) in [5.41, 5.74) is -2.17. The molecular formula is C7H6F3NO2. The molecule has 0 radical (unpaired) electrons. The zero-order valence-electron chi connectivity index (χ0n) is 6.61. The molecule has 1 N–H and O–H groups in total. The van der Waals surface area contributed by atoms with Crippen LogP contribution in [0.1, 0.15) is 12.1 Å². The van der Waals surface area contributed by atoms with Gasteiger partial charge in [-0.1, -0.05) is 0 Å². The number of H-pyrrole nitrogens is 1. The number of halogens is 3. The molecule has 72 valence electrons. The molecule has 0 saturated carbocycles. The molecule has 0 bridgehead atoms. The van der Waals surface area contributed by atoms with Crippen molar-refractivity contribution in [1.82, 2.24) is 4.98 Å². The van der Waals surface area contributed by atoms with Gasteiger partial charge in [0.2, 0.25) is 5.43 Å². The van der Waals surface area contributed by atoms with Crippen molar-refractivity contribution in [2.24, 2.45) is 0 Å². The van der Waals surface area contributed by atoms with Gasteiger partial charge < -0.3 is 9.72 Å². The summed E-state index contributed by atoms with van der Waals surface area (Å²) in [6, 6.07) is 0.765. The predicted octanol–water partition coefficient (Wildman–Crippen LogP) is 1.46. The Morgan fingerprint density at radius 3 is 2.62 bits per heavy atom. The van der Waals surface area contributed by atoms with Crippen LogP contribution in [0.3, 0.4) is 0 Å². The van der Waals surface area contributed by atoms with Crippen LogP contribution in [0, 0.1) is 5.82 Å². The fourth-order valence-corrected chi connectivity index (χ4v) is 0.799. The highest BCUT2D eigenvalue weighted by Gasteiger charge is 2.17. The van der Waals surface area contributed by atoms with Gasteiger partial charge in [0, 0.05) is 6.07 Å². The monoisotopic (exact) mass is 193 g/mol. The van der Waals surface area contributed by atoms with Gasteiger partial charge in [0.25, 0.3) is 6.43 Å². The third kappa shape index (κ3) is 1.82. The summed E-state index contributed by atoms with van der Waals surface area (Å²) in [4.78, 5) is 12.7. The number of hydrogen-bond acceptors (Lipinski definition) is 2. The highest BCUT2D eigenvalue weighted by molar-refractivity contribution is 5.18. The first-order chi connectivity index (χ1) is 6.06. The van der Waals surface area contributed by atoms with Gasteiger partial charge in [0.05, 0.1) is 7.11 Å². The summed E-state index contributed by atoms with van der Waals surface area (Å²) in [5, 5.41) is 0. The fraction of sp³-hybridized carbons (Fsp3) is 0.286. The smallest absolute Gasteiger partial charge is 0.281 e. The molecule has 0 saturated heterocycles. The van der Waals surface area contributed by atoms with Crippen molar-refractivity contribution in [3.63, 3.8) is 0 Å². The molecule has 13 heavy (non-hydrogen) atoms. The Kier molecular flexibility index (Phi) is 2.60. The standard InChI is InChI=1S/C7H6F3NO2/c1-13-4-2-3(12)5(8)6(11-4)7(9)10/h2,7H,1H3,(H,11,12). The molecule has 1 aromatic rings. The molecule has 0 amide bonds. The lowest BCUT2D eigenvalue weighted by molar-refractivity contribution is 0.139. The molecule has 0 fully saturated rings. The minimum atomic E-state index is -3.07. The van der Waals surface area contributed by atoms with E-state index in [0.717, 1.165) is 6.07 Å². The molecule has 0 aliphatic rings. The predicted molar refractivity (Wildman–Crippen MR) is 38.5 cm³/mol. The van der Waals surface area contributed by atoms with Crippen LogP contribution < -0.4 is 10.2 Å². The van der Waals surface area contributed by atoms with Gasteiger partial charge in [-0.05, 0) is 0 Å². The van der Waals surface area contributed by atoms with E-state index in [9.17, 15) is 18.0 Å². The average Bonchev–Trinajstić information content (AvgIpc) is 2.09. The van der Waals surface area contributed by atoms with Gasteiger partial charge in [-0.25, -0.2) is 13.2 Å². The number of alkyl halides is 2. The van der Waals surface area contributed by atoms with E-state index in [2.05, 4.69) is 4.74 Å². The molecule has 6 heteroatoms. The fourth-order valence-electron chi connectivity index (χ4n) is 0.799. The van der Waals surface area contributed by atoms with Crippen molar-refractivity contribution >= 4 is 0 Å². The Morgan fingerprint density at radius 1 is 1.54 bits per heavy atom. The van der Waals surface area contributed by atoms with Gasteiger partial charge in [0.15, 0.2) is 11.7 Å². The molecule has 0 atom stereocenters. The van der Waals surface area contributed by atoms with Crippen LogP contribution in [0.15, 0.2) is 10.9 Å². The maximum atomic E-state index is 12.7. The number of hydrogen-bond donors (Lipinski definition) is 1. The van der Waals surface area contributed by atoms with Gasteiger partial charge >= 0.3 is 0 Å². The summed E-state index contributed by atoms with van der Waals surface area (Å²) in [6.45, 7) is 0. The summed E-state index contributed by atoms with van der Waals surface area (Å²) < 4.78 is 41.3. The van der Waals surface area contributed by atoms with Crippen LogP contribution in [0.4, 0.5) is 13.2 Å². The SMILES string of the molecule is COc1cc(=O)c(F)c(C(F)F)[nH]1. The molecule has 0 aliphatic carbocycles. The summed E-state index contributed by atoms with van der Waals surface area (Å²) in [7, 11) is 1.18. The van der Waals surface area contributed by atoms with E-state index in [-0.39, 0.29) is 5.88 Å². The maximum absolute atomic E-state index is 12.7. The van der Waals surface area contributed by atoms with Crippen LogP contribution in [0.2, 0.25) is 0 Å².